The molecule has 116 valence electrons. The molecule has 2 atom stereocenters. The predicted octanol–water partition coefficient (Wildman–Crippen LogP) is 2.87. The van der Waals surface area contributed by atoms with Gasteiger partial charge in [0.25, 0.3) is 0 Å². The van der Waals surface area contributed by atoms with E-state index in [1.54, 1.807) is 37.3 Å². The van der Waals surface area contributed by atoms with Gasteiger partial charge in [0.05, 0.1) is 22.0 Å². The van der Waals surface area contributed by atoms with Crippen molar-refractivity contribution in [3.63, 3.8) is 0 Å². The Bertz CT molecular complexity index is 744. The molecular formula is C17H18O4S. The molecule has 1 aromatic rings. The number of hydrogen-bond donors (Lipinski definition) is 0. The smallest absolute Gasteiger partial charge is 0.335 e. The summed E-state index contributed by atoms with van der Waals surface area (Å²) in [6, 6.07) is 8.28. The number of carbonyl (C=O) groups excluding carboxylic acids is 1. The fourth-order valence-electron chi connectivity index (χ4n) is 3.19. The molecule has 4 rings (SSSR count). The Morgan fingerprint density at radius 2 is 1.77 bits per heavy atom. The number of hydrogen-bond acceptors (Lipinski definition) is 4. The van der Waals surface area contributed by atoms with Gasteiger partial charge in [0.15, 0.2) is 0 Å². The number of ether oxygens (including phenoxy) is 1. The first-order chi connectivity index (χ1) is 10.6. The molecule has 3 aliphatic carbocycles. The SMILES string of the molecule is CCOC(=O)C1=C(S(=O)(=O)c2ccccc2)C2C=CC1CC2. The Labute approximate surface area is 130 Å². The number of rotatable bonds is 4. The van der Waals surface area contributed by atoms with Crippen molar-refractivity contribution in [2.75, 3.05) is 6.61 Å². The van der Waals surface area contributed by atoms with Crippen molar-refractivity contribution < 1.29 is 17.9 Å². The van der Waals surface area contributed by atoms with Crippen molar-refractivity contribution in [2.45, 2.75) is 24.7 Å². The second-order valence-electron chi connectivity index (χ2n) is 5.49. The lowest BCUT2D eigenvalue weighted by atomic mass is 9.76. The summed E-state index contributed by atoms with van der Waals surface area (Å²) in [5, 5.41) is 0. The fraction of sp³-hybridized carbons (Fsp3) is 0.353. The number of benzene rings is 1. The zero-order chi connectivity index (χ0) is 15.7. The van der Waals surface area contributed by atoms with Crippen LogP contribution in [0.3, 0.4) is 0 Å². The zero-order valence-corrected chi connectivity index (χ0v) is 13.2. The van der Waals surface area contributed by atoms with E-state index in [0.717, 1.165) is 12.8 Å². The van der Waals surface area contributed by atoms with Crippen molar-refractivity contribution in [1.82, 2.24) is 0 Å². The van der Waals surface area contributed by atoms with Gasteiger partial charge in [-0.1, -0.05) is 30.4 Å². The van der Waals surface area contributed by atoms with E-state index in [-0.39, 0.29) is 28.2 Å². The topological polar surface area (TPSA) is 60.4 Å². The Morgan fingerprint density at radius 3 is 2.36 bits per heavy atom. The van der Waals surface area contributed by atoms with E-state index in [9.17, 15) is 13.2 Å². The van der Waals surface area contributed by atoms with Crippen molar-refractivity contribution in [1.29, 1.82) is 0 Å². The maximum absolute atomic E-state index is 13.0. The van der Waals surface area contributed by atoms with E-state index in [0.29, 0.717) is 5.57 Å². The van der Waals surface area contributed by atoms with Gasteiger partial charge >= 0.3 is 5.97 Å². The molecule has 0 saturated heterocycles. The third kappa shape index (κ3) is 2.39. The van der Waals surface area contributed by atoms with Gasteiger partial charge in [-0.25, -0.2) is 13.2 Å². The summed E-state index contributed by atoms with van der Waals surface area (Å²) in [6.45, 7) is 1.96. The normalized spacial score (nSPS) is 23.7. The monoisotopic (exact) mass is 318 g/mol. The lowest BCUT2D eigenvalue weighted by Gasteiger charge is -2.34. The van der Waals surface area contributed by atoms with Crippen LogP contribution in [0.25, 0.3) is 0 Å². The first-order valence-electron chi connectivity index (χ1n) is 7.45. The maximum Gasteiger partial charge on any atom is 0.335 e. The molecule has 0 radical (unpaired) electrons. The summed E-state index contributed by atoms with van der Waals surface area (Å²) >= 11 is 0. The van der Waals surface area contributed by atoms with Crippen molar-refractivity contribution >= 4 is 15.8 Å². The van der Waals surface area contributed by atoms with Crippen LogP contribution < -0.4 is 0 Å². The lowest BCUT2D eigenvalue weighted by Crippen LogP contribution is -2.31. The molecule has 4 nitrogen and oxygen atoms in total. The van der Waals surface area contributed by atoms with Crippen LogP contribution in [0.2, 0.25) is 0 Å². The molecule has 5 heteroatoms. The highest BCUT2D eigenvalue weighted by atomic mass is 32.2. The summed E-state index contributed by atoms with van der Waals surface area (Å²) in [4.78, 5) is 12.8. The quantitative estimate of drug-likeness (QED) is 0.632. The maximum atomic E-state index is 13.0. The van der Waals surface area contributed by atoms with Crippen molar-refractivity contribution in [2.24, 2.45) is 11.8 Å². The van der Waals surface area contributed by atoms with Crippen LogP contribution in [-0.4, -0.2) is 21.0 Å². The fourth-order valence-corrected chi connectivity index (χ4v) is 5.08. The van der Waals surface area contributed by atoms with E-state index in [1.165, 1.54) is 0 Å². The summed E-state index contributed by atoms with van der Waals surface area (Å²) in [5.41, 5.74) is 0.324. The molecule has 0 fully saturated rings. The highest BCUT2D eigenvalue weighted by Gasteiger charge is 2.41. The van der Waals surface area contributed by atoms with Gasteiger partial charge in [0.2, 0.25) is 9.84 Å². The third-order valence-corrected chi connectivity index (χ3v) is 6.17. The molecule has 1 aromatic carbocycles. The standard InChI is InChI=1S/C17H18O4S/c1-2-21-17(18)15-12-8-10-13(11-9-12)16(15)22(19,20)14-6-4-3-5-7-14/h3-8,10,12-13H,2,9,11H2,1H3. The number of esters is 1. The molecule has 0 spiro atoms. The number of sulfone groups is 1. The minimum atomic E-state index is -3.68. The molecule has 0 aromatic heterocycles. The van der Waals surface area contributed by atoms with Crippen LogP contribution in [0, 0.1) is 11.8 Å². The number of carbonyl (C=O) groups is 1. The molecule has 0 saturated carbocycles. The summed E-state index contributed by atoms with van der Waals surface area (Å²) < 4.78 is 31.1. The Morgan fingerprint density at radius 1 is 1.14 bits per heavy atom. The molecule has 2 unspecified atom stereocenters. The molecule has 0 N–H and O–H groups in total. The average molecular weight is 318 g/mol. The Balaban J connectivity index is 2.16. The molecule has 22 heavy (non-hydrogen) atoms. The third-order valence-electron chi connectivity index (χ3n) is 4.18. The Kier molecular flexibility index (Phi) is 3.91. The van der Waals surface area contributed by atoms with Gasteiger partial charge in [0, 0.05) is 11.8 Å². The molecular weight excluding hydrogens is 300 g/mol. The van der Waals surface area contributed by atoms with Crippen LogP contribution >= 0.6 is 0 Å². The average Bonchev–Trinajstić information content (AvgIpc) is 2.56. The largest absolute Gasteiger partial charge is 0.463 e. The van der Waals surface area contributed by atoms with E-state index in [1.807, 2.05) is 12.2 Å². The second kappa shape index (κ2) is 5.72. The van der Waals surface area contributed by atoms with Gasteiger partial charge in [0.1, 0.15) is 0 Å². The van der Waals surface area contributed by atoms with Crippen molar-refractivity contribution in [3.8, 4) is 0 Å². The minimum absolute atomic E-state index is 0.155. The van der Waals surface area contributed by atoms with Crippen LogP contribution in [-0.2, 0) is 19.4 Å². The van der Waals surface area contributed by atoms with Crippen LogP contribution in [0.15, 0.2) is 57.9 Å². The van der Waals surface area contributed by atoms with E-state index in [2.05, 4.69) is 0 Å². The lowest BCUT2D eigenvalue weighted by molar-refractivity contribution is -0.139. The first kappa shape index (κ1) is 15.0. The van der Waals surface area contributed by atoms with Gasteiger partial charge in [-0.2, -0.15) is 0 Å². The van der Waals surface area contributed by atoms with Crippen molar-refractivity contribution in [3.05, 3.63) is 53.0 Å². The number of fused-ring (bicyclic) bond motifs is 1. The molecule has 3 aliphatic rings. The van der Waals surface area contributed by atoms with E-state index < -0.39 is 15.8 Å². The second-order valence-corrected chi connectivity index (χ2v) is 7.41. The van der Waals surface area contributed by atoms with Gasteiger partial charge in [-0.15, -0.1) is 0 Å². The first-order valence-corrected chi connectivity index (χ1v) is 8.93. The van der Waals surface area contributed by atoms with Gasteiger partial charge in [-0.05, 0) is 31.9 Å². The predicted molar refractivity (Wildman–Crippen MR) is 82.6 cm³/mol. The highest BCUT2D eigenvalue weighted by Crippen LogP contribution is 2.45. The van der Waals surface area contributed by atoms with Gasteiger partial charge < -0.3 is 4.74 Å². The minimum Gasteiger partial charge on any atom is -0.463 e. The molecule has 0 heterocycles. The molecule has 0 amide bonds. The van der Waals surface area contributed by atoms with E-state index in [4.69, 9.17) is 4.74 Å². The molecule has 2 bridgehead atoms. The van der Waals surface area contributed by atoms with Crippen LogP contribution in [0.4, 0.5) is 0 Å². The summed E-state index contributed by atoms with van der Waals surface area (Å²) in [5.74, 6) is -0.886. The Hall–Kier alpha value is -1.88. The van der Waals surface area contributed by atoms with Gasteiger partial charge in [-0.3, -0.25) is 0 Å². The zero-order valence-electron chi connectivity index (χ0n) is 12.4. The summed E-state index contributed by atoms with van der Waals surface area (Å²) in [6.07, 6.45) is 5.39. The summed E-state index contributed by atoms with van der Waals surface area (Å²) in [7, 11) is -3.68. The van der Waals surface area contributed by atoms with Crippen LogP contribution in [0.1, 0.15) is 19.8 Å². The van der Waals surface area contributed by atoms with Crippen LogP contribution in [0.5, 0.6) is 0 Å². The van der Waals surface area contributed by atoms with E-state index >= 15 is 0 Å². The molecule has 0 aliphatic heterocycles. The highest BCUT2D eigenvalue weighted by molar-refractivity contribution is 7.95. The number of allylic oxidation sites excluding steroid dienone is 3.